The predicted octanol–water partition coefficient (Wildman–Crippen LogP) is 2.53. The van der Waals surface area contributed by atoms with E-state index < -0.39 is 0 Å². The Labute approximate surface area is 151 Å². The van der Waals surface area contributed by atoms with Crippen molar-refractivity contribution in [2.75, 3.05) is 25.3 Å². The Kier molecular flexibility index (Phi) is 5.34. The zero-order valence-corrected chi connectivity index (χ0v) is 14.3. The minimum Gasteiger partial charge on any atom is -0.454 e. The van der Waals surface area contributed by atoms with Gasteiger partial charge in [-0.05, 0) is 35.9 Å². The van der Waals surface area contributed by atoms with Gasteiger partial charge < -0.3 is 14.4 Å². The molecule has 0 aliphatic carbocycles. The van der Waals surface area contributed by atoms with Crippen LogP contribution in [0, 0.1) is 11.3 Å². The molecule has 7 heteroatoms. The summed E-state index contributed by atoms with van der Waals surface area (Å²) in [4.78, 5) is 14.1. The number of fused-ring (bicyclic) bond motifs is 1. The van der Waals surface area contributed by atoms with Gasteiger partial charge >= 0.3 is 0 Å². The zero-order valence-electron chi connectivity index (χ0n) is 14.3. The van der Waals surface area contributed by atoms with Crippen LogP contribution in [0.4, 0.5) is 5.69 Å². The van der Waals surface area contributed by atoms with Crippen LogP contribution >= 0.6 is 0 Å². The van der Waals surface area contributed by atoms with Gasteiger partial charge in [0, 0.05) is 24.8 Å². The smallest absolute Gasteiger partial charge is 0.271 e. The Morgan fingerprint density at radius 1 is 1.27 bits per heavy atom. The molecule has 1 heterocycles. The van der Waals surface area contributed by atoms with Crippen molar-refractivity contribution in [1.29, 1.82) is 5.26 Å². The van der Waals surface area contributed by atoms with Gasteiger partial charge in [-0.25, -0.2) is 5.43 Å². The summed E-state index contributed by atoms with van der Waals surface area (Å²) in [5.74, 6) is 0.857. The first-order valence-corrected chi connectivity index (χ1v) is 8.08. The molecule has 2 aromatic rings. The van der Waals surface area contributed by atoms with Crippen molar-refractivity contribution in [2.24, 2.45) is 5.10 Å². The van der Waals surface area contributed by atoms with Gasteiger partial charge in [-0.15, -0.1) is 0 Å². The molecule has 0 saturated heterocycles. The molecule has 0 unspecified atom stereocenters. The average molecular weight is 350 g/mol. The summed E-state index contributed by atoms with van der Waals surface area (Å²) in [5, 5.41) is 12.6. The van der Waals surface area contributed by atoms with E-state index in [9.17, 15) is 4.79 Å². The van der Waals surface area contributed by atoms with Crippen LogP contribution in [0.25, 0.3) is 0 Å². The van der Waals surface area contributed by atoms with Crippen molar-refractivity contribution in [3.8, 4) is 17.6 Å². The first-order chi connectivity index (χ1) is 12.7. The highest BCUT2D eigenvalue weighted by molar-refractivity contribution is 5.95. The maximum Gasteiger partial charge on any atom is 0.271 e. The number of carbonyl (C=O) groups is 1. The number of anilines is 1. The van der Waals surface area contributed by atoms with Crippen LogP contribution < -0.4 is 19.8 Å². The number of nitriles is 1. The minimum absolute atomic E-state index is 0.167. The summed E-state index contributed by atoms with van der Waals surface area (Å²) in [6.07, 6.45) is 2.05. The van der Waals surface area contributed by atoms with Crippen LogP contribution in [0.3, 0.4) is 0 Å². The molecule has 1 N–H and O–H groups in total. The van der Waals surface area contributed by atoms with E-state index in [0.29, 0.717) is 30.0 Å². The second kappa shape index (κ2) is 8.03. The van der Waals surface area contributed by atoms with Gasteiger partial charge in [0.1, 0.15) is 0 Å². The lowest BCUT2D eigenvalue weighted by Crippen LogP contribution is -2.18. The van der Waals surface area contributed by atoms with E-state index in [0.717, 1.165) is 11.3 Å². The third kappa shape index (κ3) is 4.11. The van der Waals surface area contributed by atoms with E-state index in [1.165, 1.54) is 0 Å². The lowest BCUT2D eigenvalue weighted by molar-refractivity contribution is 0.0954. The van der Waals surface area contributed by atoms with E-state index in [2.05, 4.69) is 16.6 Å². The molecule has 0 saturated carbocycles. The fraction of sp³-hybridized carbons (Fsp3) is 0.211. The number of carbonyl (C=O) groups excluding carboxylic acids is 1. The molecule has 0 fully saturated rings. The lowest BCUT2D eigenvalue weighted by atomic mass is 10.2. The highest BCUT2D eigenvalue weighted by Gasteiger charge is 2.15. The van der Waals surface area contributed by atoms with Crippen LogP contribution in [0.1, 0.15) is 22.3 Å². The first-order valence-electron chi connectivity index (χ1n) is 8.08. The molecule has 0 atom stereocenters. The van der Waals surface area contributed by atoms with Gasteiger partial charge in [-0.2, -0.15) is 10.4 Å². The summed E-state index contributed by atoms with van der Waals surface area (Å²) in [7, 11) is 1.94. The Morgan fingerprint density at radius 2 is 2.04 bits per heavy atom. The average Bonchev–Trinajstić information content (AvgIpc) is 3.14. The van der Waals surface area contributed by atoms with E-state index >= 15 is 0 Å². The fourth-order valence-electron chi connectivity index (χ4n) is 2.43. The number of ether oxygens (including phenoxy) is 2. The Morgan fingerprint density at radius 3 is 2.81 bits per heavy atom. The Bertz CT molecular complexity index is 856. The van der Waals surface area contributed by atoms with Crippen molar-refractivity contribution in [2.45, 2.75) is 6.42 Å². The van der Waals surface area contributed by atoms with Gasteiger partial charge in [0.25, 0.3) is 5.91 Å². The van der Waals surface area contributed by atoms with Crippen molar-refractivity contribution in [3.63, 3.8) is 0 Å². The summed E-state index contributed by atoms with van der Waals surface area (Å²) in [6.45, 7) is 0.843. The van der Waals surface area contributed by atoms with E-state index in [1.807, 2.05) is 36.2 Å². The van der Waals surface area contributed by atoms with Crippen molar-refractivity contribution in [3.05, 3.63) is 53.6 Å². The second-order valence-corrected chi connectivity index (χ2v) is 5.69. The summed E-state index contributed by atoms with van der Waals surface area (Å²) in [5.41, 5.74) is 4.81. The maximum atomic E-state index is 12.1. The topological polar surface area (TPSA) is 87.0 Å². The number of hydrogen-bond acceptors (Lipinski definition) is 6. The van der Waals surface area contributed by atoms with E-state index in [-0.39, 0.29) is 12.7 Å². The second-order valence-electron chi connectivity index (χ2n) is 5.69. The van der Waals surface area contributed by atoms with Gasteiger partial charge in [0.15, 0.2) is 11.5 Å². The molecular formula is C19H18N4O3. The van der Waals surface area contributed by atoms with Gasteiger partial charge in [0.2, 0.25) is 6.79 Å². The molecule has 3 rings (SSSR count). The van der Waals surface area contributed by atoms with Gasteiger partial charge in [0.05, 0.1) is 18.7 Å². The molecule has 7 nitrogen and oxygen atoms in total. The number of nitrogens with zero attached hydrogens (tertiary/aromatic N) is 3. The van der Waals surface area contributed by atoms with E-state index in [1.54, 1.807) is 24.4 Å². The molecule has 26 heavy (non-hydrogen) atoms. The molecule has 2 aromatic carbocycles. The highest BCUT2D eigenvalue weighted by atomic mass is 16.7. The van der Waals surface area contributed by atoms with Gasteiger partial charge in [-0.3, -0.25) is 4.79 Å². The van der Waals surface area contributed by atoms with Gasteiger partial charge in [-0.1, -0.05) is 12.1 Å². The van der Waals surface area contributed by atoms with Crippen LogP contribution in [-0.2, 0) is 0 Å². The van der Waals surface area contributed by atoms with Crippen LogP contribution in [-0.4, -0.2) is 32.5 Å². The van der Waals surface area contributed by atoms with Crippen molar-refractivity contribution >= 4 is 17.8 Å². The SMILES string of the molecule is CN(CCC#N)c1ccc(/C=N\NC(=O)c2ccc3c(c2)OCO3)cc1. The largest absolute Gasteiger partial charge is 0.454 e. The van der Waals surface area contributed by atoms with Crippen LogP contribution in [0.2, 0.25) is 0 Å². The van der Waals surface area contributed by atoms with Crippen LogP contribution in [0.15, 0.2) is 47.6 Å². The molecule has 0 spiro atoms. The number of rotatable bonds is 6. The Hall–Kier alpha value is -3.53. The standard InChI is InChI=1S/C19H18N4O3/c1-23(10-2-9-20)16-6-3-14(4-7-16)12-21-22-19(24)15-5-8-17-18(11-15)26-13-25-17/h3-8,11-12H,2,10,13H2,1H3,(H,22,24)/b21-12-. The minimum atomic E-state index is -0.326. The Balaban J connectivity index is 1.56. The third-order valence-corrected chi connectivity index (χ3v) is 3.91. The third-order valence-electron chi connectivity index (χ3n) is 3.91. The fourth-order valence-corrected chi connectivity index (χ4v) is 2.43. The molecule has 0 bridgehead atoms. The molecule has 1 aliphatic rings. The molecular weight excluding hydrogens is 332 g/mol. The molecule has 0 aromatic heterocycles. The van der Waals surface area contributed by atoms with E-state index in [4.69, 9.17) is 14.7 Å². The number of nitrogens with one attached hydrogen (secondary N) is 1. The van der Waals surface area contributed by atoms with Crippen molar-refractivity contribution in [1.82, 2.24) is 5.43 Å². The molecule has 0 radical (unpaired) electrons. The molecule has 132 valence electrons. The molecule has 1 amide bonds. The van der Waals surface area contributed by atoms with Crippen molar-refractivity contribution < 1.29 is 14.3 Å². The summed E-state index contributed by atoms with van der Waals surface area (Å²) >= 11 is 0. The summed E-state index contributed by atoms with van der Waals surface area (Å²) in [6, 6.07) is 14.8. The first kappa shape index (κ1) is 17.3. The quantitative estimate of drug-likeness (QED) is 0.639. The number of hydrazone groups is 1. The highest BCUT2D eigenvalue weighted by Crippen LogP contribution is 2.32. The number of hydrogen-bond donors (Lipinski definition) is 1. The number of benzene rings is 2. The molecule has 1 aliphatic heterocycles. The monoisotopic (exact) mass is 350 g/mol. The normalized spacial score (nSPS) is 12.0. The number of amides is 1. The zero-order chi connectivity index (χ0) is 18.4. The van der Waals surface area contributed by atoms with Crippen LogP contribution in [0.5, 0.6) is 11.5 Å². The lowest BCUT2D eigenvalue weighted by Gasteiger charge is -2.17. The maximum absolute atomic E-state index is 12.1. The predicted molar refractivity (Wildman–Crippen MR) is 97.6 cm³/mol. The summed E-state index contributed by atoms with van der Waals surface area (Å²) < 4.78 is 10.5.